The summed E-state index contributed by atoms with van der Waals surface area (Å²) in [5, 5.41) is 20.6. The number of ether oxygens (including phenoxy) is 2. The maximum Gasteiger partial charge on any atom is 0.407 e. The van der Waals surface area contributed by atoms with Crippen LogP contribution < -0.4 is 21.3 Å². The van der Waals surface area contributed by atoms with E-state index in [1.807, 2.05) is 36.4 Å². The van der Waals surface area contributed by atoms with Crippen molar-refractivity contribution < 1.29 is 38.6 Å². The highest BCUT2D eigenvalue weighted by atomic mass is 16.6. The average molecular weight is 729 g/mol. The molecule has 4 rings (SSSR count). The van der Waals surface area contributed by atoms with Crippen LogP contribution in [0.25, 0.3) is 11.1 Å². The van der Waals surface area contributed by atoms with Crippen LogP contribution in [0.15, 0.2) is 72.8 Å². The number of alkyl carbamates (subject to hydrolysis) is 2. The number of carboxylic acids is 1. The first-order chi connectivity index (χ1) is 24.8. The number of anilines is 1. The van der Waals surface area contributed by atoms with E-state index in [9.17, 15) is 29.1 Å². The van der Waals surface area contributed by atoms with Gasteiger partial charge in [0.25, 0.3) is 0 Å². The molecule has 3 aromatic rings. The summed E-state index contributed by atoms with van der Waals surface area (Å²) in [7, 11) is 0. The van der Waals surface area contributed by atoms with Crippen molar-refractivity contribution >= 4 is 35.7 Å². The van der Waals surface area contributed by atoms with Crippen molar-refractivity contribution in [2.75, 3.05) is 11.9 Å². The van der Waals surface area contributed by atoms with E-state index in [2.05, 4.69) is 33.4 Å². The predicted octanol–water partition coefficient (Wildman–Crippen LogP) is 6.63. The van der Waals surface area contributed by atoms with E-state index in [4.69, 9.17) is 9.47 Å². The second kappa shape index (κ2) is 17.0. The number of rotatable bonds is 14. The third-order valence-corrected chi connectivity index (χ3v) is 9.08. The lowest BCUT2D eigenvalue weighted by molar-refractivity contribution is -0.147. The van der Waals surface area contributed by atoms with Crippen molar-refractivity contribution in [1.29, 1.82) is 0 Å². The smallest absolute Gasteiger partial charge is 0.407 e. The van der Waals surface area contributed by atoms with Gasteiger partial charge in [-0.1, -0.05) is 74.5 Å². The Kier molecular flexibility index (Phi) is 12.9. The quantitative estimate of drug-likeness (QED) is 0.123. The molecule has 3 aromatic carbocycles. The first-order valence-electron chi connectivity index (χ1n) is 17.9. The van der Waals surface area contributed by atoms with Gasteiger partial charge in [-0.25, -0.2) is 9.59 Å². The molecule has 0 radical (unpaired) electrons. The molecular formula is C41H52N4O8. The van der Waals surface area contributed by atoms with Gasteiger partial charge in [0.1, 0.15) is 24.3 Å². The van der Waals surface area contributed by atoms with Crippen LogP contribution in [-0.4, -0.2) is 65.4 Å². The van der Waals surface area contributed by atoms with Gasteiger partial charge in [0.05, 0.1) is 5.41 Å². The summed E-state index contributed by atoms with van der Waals surface area (Å²) in [5.74, 6) is -2.41. The summed E-state index contributed by atoms with van der Waals surface area (Å²) in [4.78, 5) is 63.7. The average Bonchev–Trinajstić information content (AvgIpc) is 3.39. The lowest BCUT2D eigenvalue weighted by atomic mass is 9.84. The molecule has 0 heterocycles. The molecule has 0 saturated heterocycles. The normalized spacial score (nSPS) is 14.2. The molecule has 4 amide bonds. The van der Waals surface area contributed by atoms with Crippen LogP contribution in [-0.2, 0) is 30.3 Å². The van der Waals surface area contributed by atoms with Gasteiger partial charge in [0.2, 0.25) is 11.8 Å². The van der Waals surface area contributed by atoms with Gasteiger partial charge in [-0.2, -0.15) is 0 Å². The zero-order valence-corrected chi connectivity index (χ0v) is 31.7. The van der Waals surface area contributed by atoms with Crippen molar-refractivity contribution in [1.82, 2.24) is 16.0 Å². The number of carbonyl (C=O) groups is 5. The van der Waals surface area contributed by atoms with E-state index >= 15 is 0 Å². The molecule has 0 spiro atoms. The monoisotopic (exact) mass is 728 g/mol. The second-order valence-electron chi connectivity index (χ2n) is 15.5. The third kappa shape index (κ3) is 11.1. The molecule has 1 aliphatic rings. The zero-order valence-electron chi connectivity index (χ0n) is 31.7. The van der Waals surface area contributed by atoms with E-state index in [1.54, 1.807) is 79.7 Å². The fraction of sp³-hybridized carbons (Fsp3) is 0.439. The Morgan fingerprint density at radius 3 is 1.83 bits per heavy atom. The van der Waals surface area contributed by atoms with E-state index in [-0.39, 0.29) is 24.9 Å². The van der Waals surface area contributed by atoms with Crippen LogP contribution in [0.4, 0.5) is 15.3 Å². The molecule has 0 saturated carbocycles. The van der Waals surface area contributed by atoms with Gasteiger partial charge in [-0.3, -0.25) is 14.4 Å². The van der Waals surface area contributed by atoms with Gasteiger partial charge in [0.15, 0.2) is 0 Å². The molecule has 5 N–H and O–H groups in total. The minimum Gasteiger partial charge on any atom is -0.481 e. The van der Waals surface area contributed by atoms with Gasteiger partial charge in [-0.15, -0.1) is 0 Å². The van der Waals surface area contributed by atoms with Crippen molar-refractivity contribution in [3.63, 3.8) is 0 Å². The topological polar surface area (TPSA) is 172 Å². The number of aliphatic carboxylic acids is 1. The van der Waals surface area contributed by atoms with E-state index < -0.39 is 59.1 Å². The molecule has 0 fully saturated rings. The number of hydrogen-bond acceptors (Lipinski definition) is 7. The number of nitrogens with one attached hydrogen (secondary N) is 4. The van der Waals surface area contributed by atoms with Crippen LogP contribution in [0.3, 0.4) is 0 Å². The Hall–Kier alpha value is -5.39. The molecule has 0 bridgehead atoms. The molecule has 3 atom stereocenters. The van der Waals surface area contributed by atoms with Crippen LogP contribution in [0.2, 0.25) is 0 Å². The standard InChI is InChI=1S/C41H52N4O8/c1-24(2)34(45-38(50)52-23-33-31-15-11-9-13-29(31)30-14-10-12-16-32(30)33)36(47)42-25(3)35(46)43-27-19-17-26(18-20-27)21-28(22-41(7,8)37(48)49)44-39(51)53-40(4,5)6/h9-20,24-25,28,33-34H,21-23H2,1-8H3,(H,42,47)(H,43,46)(H,44,51)(H,45,50)(H,48,49)/t25-,28-,34-/m0/s1. The minimum atomic E-state index is -1.10. The first-order valence-corrected chi connectivity index (χ1v) is 17.9. The van der Waals surface area contributed by atoms with Crippen LogP contribution in [0, 0.1) is 11.3 Å². The van der Waals surface area contributed by atoms with Crippen molar-refractivity contribution in [2.45, 2.75) is 97.9 Å². The van der Waals surface area contributed by atoms with Crippen LogP contribution >= 0.6 is 0 Å². The van der Waals surface area contributed by atoms with Crippen molar-refractivity contribution in [2.24, 2.45) is 11.3 Å². The maximum atomic E-state index is 13.3. The molecule has 284 valence electrons. The Bertz CT molecular complexity index is 1750. The van der Waals surface area contributed by atoms with E-state index in [0.717, 1.165) is 27.8 Å². The van der Waals surface area contributed by atoms with Crippen molar-refractivity contribution in [3.8, 4) is 11.1 Å². The fourth-order valence-corrected chi connectivity index (χ4v) is 6.28. The van der Waals surface area contributed by atoms with Gasteiger partial charge in [0, 0.05) is 17.6 Å². The maximum absolute atomic E-state index is 13.3. The first kappa shape index (κ1) is 40.4. The number of carbonyl (C=O) groups excluding carboxylic acids is 4. The van der Waals surface area contributed by atoms with Gasteiger partial charge >= 0.3 is 18.2 Å². The van der Waals surface area contributed by atoms with Gasteiger partial charge in [-0.05, 0) is 100 Å². The fourth-order valence-electron chi connectivity index (χ4n) is 6.28. The summed E-state index contributed by atoms with van der Waals surface area (Å²) in [6, 6.07) is 20.5. The Morgan fingerprint density at radius 2 is 1.30 bits per heavy atom. The Balaban J connectivity index is 1.31. The molecule has 12 nitrogen and oxygen atoms in total. The molecular weight excluding hydrogens is 676 g/mol. The highest BCUT2D eigenvalue weighted by Gasteiger charge is 2.33. The Labute approximate surface area is 311 Å². The van der Waals surface area contributed by atoms with Crippen molar-refractivity contribution in [3.05, 3.63) is 89.5 Å². The third-order valence-electron chi connectivity index (χ3n) is 9.08. The summed E-state index contributed by atoms with van der Waals surface area (Å²) in [6.45, 7) is 13.7. The SMILES string of the molecule is CC(C)[C@H](NC(=O)OCC1c2ccccc2-c2ccccc21)C(=O)N[C@@H](C)C(=O)Nc1ccc(C[C@@H](CC(C)(C)C(=O)O)NC(=O)OC(C)(C)C)cc1. The van der Waals surface area contributed by atoms with Crippen LogP contribution in [0.1, 0.15) is 84.4 Å². The molecule has 0 aromatic heterocycles. The summed E-state index contributed by atoms with van der Waals surface area (Å²) in [5.41, 5.74) is 3.82. The van der Waals surface area contributed by atoms with Gasteiger partial charge < -0.3 is 35.8 Å². The number of benzene rings is 3. The van der Waals surface area contributed by atoms with E-state index in [0.29, 0.717) is 12.1 Å². The Morgan fingerprint density at radius 1 is 0.736 bits per heavy atom. The molecule has 1 aliphatic carbocycles. The largest absolute Gasteiger partial charge is 0.481 e. The molecule has 0 unspecified atom stereocenters. The lowest BCUT2D eigenvalue weighted by Gasteiger charge is -2.28. The number of fused-ring (bicyclic) bond motifs is 3. The zero-order chi connectivity index (χ0) is 39.1. The predicted molar refractivity (Wildman–Crippen MR) is 202 cm³/mol. The summed E-state index contributed by atoms with van der Waals surface area (Å²) >= 11 is 0. The molecule has 12 heteroatoms. The molecule has 0 aliphatic heterocycles. The lowest BCUT2D eigenvalue weighted by Crippen LogP contribution is -2.53. The summed E-state index contributed by atoms with van der Waals surface area (Å²) < 4.78 is 11.0. The minimum absolute atomic E-state index is 0.102. The highest BCUT2D eigenvalue weighted by molar-refractivity contribution is 5.98. The number of hydrogen-bond donors (Lipinski definition) is 5. The number of amides is 4. The highest BCUT2D eigenvalue weighted by Crippen LogP contribution is 2.44. The van der Waals surface area contributed by atoms with E-state index in [1.165, 1.54) is 0 Å². The summed E-state index contributed by atoms with van der Waals surface area (Å²) in [6.07, 6.45) is -0.890. The molecule has 53 heavy (non-hydrogen) atoms. The second-order valence-corrected chi connectivity index (χ2v) is 15.5. The number of carboxylic acid groups (broad SMARTS) is 1. The van der Waals surface area contributed by atoms with Crippen LogP contribution in [0.5, 0.6) is 0 Å².